The molecule has 0 bridgehead atoms. The van der Waals surface area contributed by atoms with E-state index in [1.165, 1.54) is 33.3 Å². The molecule has 1 N–H and O–H groups in total. The lowest BCUT2D eigenvalue weighted by Crippen LogP contribution is -2.56. The molecule has 4 aliphatic rings. The highest BCUT2D eigenvalue weighted by molar-refractivity contribution is 8.04. The summed E-state index contributed by atoms with van der Waals surface area (Å²) in [4.78, 5) is 71.8. The van der Waals surface area contributed by atoms with E-state index in [2.05, 4.69) is 6.58 Å². The lowest BCUT2D eigenvalue weighted by molar-refractivity contribution is -0.139. The Bertz CT molecular complexity index is 2150. The first-order valence-corrected chi connectivity index (χ1v) is 19.4. The van der Waals surface area contributed by atoms with E-state index in [9.17, 15) is 29.1 Å². The number of hydrogen-bond donors (Lipinski definition) is 1. The molecule has 1 fully saturated rings. The third-order valence-corrected chi connectivity index (χ3v) is 12.0. The SMILES string of the molecule is C=C(C)C(=O)OCCN1C(=C2C(=O)N(CC)C(=S)N(CC)C2=O)Sc2ccccc21.CCN1/C(=C2/C(=O)c3ccccc3C2C(=O)O)Sc2ccccc21. The number of amides is 2. The summed E-state index contributed by atoms with van der Waals surface area (Å²) in [7, 11) is 0. The molecule has 54 heavy (non-hydrogen) atoms. The van der Waals surface area contributed by atoms with Gasteiger partial charge in [-0.15, -0.1) is 0 Å². The molecule has 11 nitrogen and oxygen atoms in total. The number of carbonyl (C=O) groups is 5. The number of Topliss-reactive ketones (excluding diaryl/α,β-unsaturated/α-hetero) is 1. The van der Waals surface area contributed by atoms with Crippen LogP contribution in [0.4, 0.5) is 11.4 Å². The molecule has 0 aromatic heterocycles. The lowest BCUT2D eigenvalue weighted by atomic mass is 9.98. The van der Waals surface area contributed by atoms with Crippen LogP contribution >= 0.6 is 35.7 Å². The highest BCUT2D eigenvalue weighted by Crippen LogP contribution is 2.52. The molecular weight excluding hydrogens is 745 g/mol. The first kappa shape index (κ1) is 38.5. The number of fused-ring (bicyclic) bond motifs is 3. The molecular formula is C40H38N4O7S3. The van der Waals surface area contributed by atoms with E-state index >= 15 is 0 Å². The molecule has 1 atom stereocenters. The Morgan fingerprint density at radius 3 is 1.85 bits per heavy atom. The molecule has 3 heterocycles. The Hall–Kier alpha value is -5.18. The molecule has 1 saturated heterocycles. The van der Waals surface area contributed by atoms with E-state index in [1.807, 2.05) is 79.1 Å². The summed E-state index contributed by atoms with van der Waals surface area (Å²) in [6.07, 6.45) is 0. The number of aliphatic carboxylic acids is 1. The number of thiocarbonyl (C=S) groups is 1. The smallest absolute Gasteiger partial charge is 0.333 e. The summed E-state index contributed by atoms with van der Waals surface area (Å²) in [5.41, 5.74) is 3.75. The number of rotatable bonds is 8. The van der Waals surface area contributed by atoms with Gasteiger partial charge in [0.1, 0.15) is 18.1 Å². The zero-order valence-electron chi connectivity index (χ0n) is 30.2. The number of para-hydroxylation sites is 2. The quantitative estimate of drug-likeness (QED) is 0.112. The van der Waals surface area contributed by atoms with Gasteiger partial charge in [-0.25, -0.2) is 4.79 Å². The van der Waals surface area contributed by atoms with Gasteiger partial charge in [0.2, 0.25) is 0 Å². The Morgan fingerprint density at radius 1 is 0.778 bits per heavy atom. The van der Waals surface area contributed by atoms with Crippen molar-refractivity contribution in [3.63, 3.8) is 0 Å². The Labute approximate surface area is 327 Å². The molecule has 0 radical (unpaired) electrons. The molecule has 0 saturated carbocycles. The van der Waals surface area contributed by atoms with Crippen molar-refractivity contribution < 1.29 is 33.8 Å². The number of anilines is 2. The first-order chi connectivity index (χ1) is 25.9. The maximum absolute atomic E-state index is 13.2. The minimum Gasteiger partial charge on any atom is -0.481 e. The van der Waals surface area contributed by atoms with Crippen LogP contribution in [0.15, 0.2) is 116 Å². The summed E-state index contributed by atoms with van der Waals surface area (Å²) < 4.78 is 5.25. The number of benzene rings is 3. The van der Waals surface area contributed by atoms with Gasteiger partial charge in [-0.2, -0.15) is 0 Å². The fraction of sp³-hybridized carbons (Fsp3) is 0.250. The third-order valence-electron chi connectivity index (χ3n) is 9.18. The van der Waals surface area contributed by atoms with E-state index in [0.717, 1.165) is 26.2 Å². The average molecular weight is 783 g/mol. The van der Waals surface area contributed by atoms with E-state index < -0.39 is 29.7 Å². The second kappa shape index (κ2) is 16.0. The predicted molar refractivity (Wildman–Crippen MR) is 213 cm³/mol. The van der Waals surface area contributed by atoms with Crippen molar-refractivity contribution in [1.29, 1.82) is 0 Å². The van der Waals surface area contributed by atoms with Crippen molar-refractivity contribution in [3.8, 4) is 0 Å². The second-order valence-corrected chi connectivity index (χ2v) is 14.8. The number of esters is 1. The zero-order chi connectivity index (χ0) is 38.8. The van der Waals surface area contributed by atoms with Gasteiger partial charge < -0.3 is 19.6 Å². The Kier molecular flexibility index (Phi) is 11.5. The summed E-state index contributed by atoms with van der Waals surface area (Å²) in [6, 6.07) is 22.5. The molecule has 1 unspecified atom stereocenters. The zero-order valence-corrected chi connectivity index (χ0v) is 32.6. The van der Waals surface area contributed by atoms with E-state index in [1.54, 1.807) is 31.2 Å². The summed E-state index contributed by atoms with van der Waals surface area (Å²) in [5.74, 6) is -3.35. The van der Waals surface area contributed by atoms with E-state index in [-0.39, 0.29) is 23.1 Å². The molecule has 7 rings (SSSR count). The van der Waals surface area contributed by atoms with Crippen LogP contribution in [-0.2, 0) is 23.9 Å². The van der Waals surface area contributed by atoms with Crippen LogP contribution in [0.5, 0.6) is 0 Å². The van der Waals surface area contributed by atoms with Crippen molar-refractivity contribution in [2.45, 2.75) is 43.4 Å². The third kappa shape index (κ3) is 6.85. The molecule has 278 valence electrons. The summed E-state index contributed by atoms with van der Waals surface area (Å²) in [5, 5.41) is 11.3. The van der Waals surface area contributed by atoms with Gasteiger partial charge in [-0.05, 0) is 69.7 Å². The van der Waals surface area contributed by atoms with Gasteiger partial charge in [0.15, 0.2) is 10.9 Å². The number of likely N-dealkylation sites (N-methyl/N-ethyl adjacent to an activating group) is 2. The highest BCUT2D eigenvalue weighted by atomic mass is 32.2. The van der Waals surface area contributed by atoms with Crippen molar-refractivity contribution in [2.24, 2.45) is 0 Å². The van der Waals surface area contributed by atoms with Crippen molar-refractivity contribution in [3.05, 3.63) is 117 Å². The van der Waals surface area contributed by atoms with Crippen LogP contribution in [0.1, 0.15) is 49.5 Å². The highest BCUT2D eigenvalue weighted by Gasteiger charge is 2.45. The number of hydrogen-bond acceptors (Lipinski definition) is 11. The summed E-state index contributed by atoms with van der Waals surface area (Å²) >= 11 is 8.19. The number of thioether (sulfide) groups is 2. The molecule has 2 amide bonds. The largest absolute Gasteiger partial charge is 0.481 e. The molecule has 3 aromatic carbocycles. The predicted octanol–water partition coefficient (Wildman–Crippen LogP) is 6.82. The first-order valence-electron chi connectivity index (χ1n) is 17.4. The van der Waals surface area contributed by atoms with E-state index in [4.69, 9.17) is 17.0 Å². The van der Waals surface area contributed by atoms with Gasteiger partial charge in [0.25, 0.3) is 11.8 Å². The van der Waals surface area contributed by atoms with Gasteiger partial charge in [0.05, 0.1) is 28.0 Å². The minimum atomic E-state index is -0.983. The Morgan fingerprint density at radius 2 is 1.30 bits per heavy atom. The van der Waals surface area contributed by atoms with Gasteiger partial charge in [-0.1, -0.05) is 78.6 Å². The fourth-order valence-electron chi connectivity index (χ4n) is 6.63. The molecule has 1 aliphatic carbocycles. The second-order valence-electron chi connectivity index (χ2n) is 12.4. The average Bonchev–Trinajstić information content (AvgIpc) is 3.81. The molecule has 3 aliphatic heterocycles. The Balaban J connectivity index is 0.000000188. The number of ketones is 1. The topological polar surface area (TPSA) is 128 Å². The van der Waals surface area contributed by atoms with Crippen molar-refractivity contribution >= 4 is 81.8 Å². The van der Waals surface area contributed by atoms with Crippen LogP contribution in [0, 0.1) is 0 Å². The monoisotopic (exact) mass is 782 g/mol. The fourth-order valence-corrected chi connectivity index (χ4v) is 9.57. The molecule has 3 aromatic rings. The number of carbonyl (C=O) groups excluding carboxylic acids is 4. The van der Waals surface area contributed by atoms with Crippen LogP contribution in [0.3, 0.4) is 0 Å². The van der Waals surface area contributed by atoms with E-state index in [0.29, 0.717) is 53.5 Å². The van der Waals surface area contributed by atoms with Crippen molar-refractivity contribution in [1.82, 2.24) is 9.80 Å². The van der Waals surface area contributed by atoms with Crippen molar-refractivity contribution in [2.75, 3.05) is 42.6 Å². The summed E-state index contributed by atoms with van der Waals surface area (Å²) in [6.45, 7) is 12.6. The maximum atomic E-state index is 13.2. The number of nitrogens with zero attached hydrogens (tertiary/aromatic N) is 4. The number of carboxylic acid groups (broad SMARTS) is 1. The molecule has 14 heteroatoms. The van der Waals surface area contributed by atoms with Crippen LogP contribution in [0.2, 0.25) is 0 Å². The maximum Gasteiger partial charge on any atom is 0.333 e. The van der Waals surface area contributed by atoms with Gasteiger partial charge >= 0.3 is 11.9 Å². The normalized spacial score (nSPS) is 18.8. The molecule has 0 spiro atoms. The van der Waals surface area contributed by atoms with Crippen LogP contribution in [-0.4, -0.2) is 82.3 Å². The standard InChI is InChI=1S/C21H23N3O4S2.C19H15NO3S/c1-5-22-17(25)16(18(26)23(6-2)21(22)29)19-24(11-12-28-20(27)13(3)4)14-9-7-8-10-15(14)30-19;1-2-20-13-9-5-6-10-14(13)24-18(20)16-15(19(22)23)11-7-3-4-8-12(11)17(16)21/h7-10H,3,5-6,11-12H2,1-2,4H3;3-10,15H,2H2,1H3,(H,22,23)/b;18-16-. The number of ether oxygens (including phenoxy) is 1. The van der Waals surface area contributed by atoms with Crippen LogP contribution < -0.4 is 9.80 Å². The van der Waals surface area contributed by atoms with Gasteiger partial charge in [-0.3, -0.25) is 29.0 Å². The van der Waals surface area contributed by atoms with Crippen LogP contribution in [0.25, 0.3) is 0 Å². The number of carboxylic acids is 1. The minimum absolute atomic E-state index is 0.0831. The lowest BCUT2D eigenvalue weighted by Gasteiger charge is -2.36. The van der Waals surface area contributed by atoms with Gasteiger partial charge in [0, 0.05) is 46.1 Å².